The third-order valence-electron chi connectivity index (χ3n) is 2.14. The summed E-state index contributed by atoms with van der Waals surface area (Å²) in [5.41, 5.74) is 0.119. The molecule has 0 radical (unpaired) electrons. The van der Waals surface area contributed by atoms with Crippen molar-refractivity contribution in [2.75, 3.05) is 27.4 Å². The van der Waals surface area contributed by atoms with E-state index in [1.54, 1.807) is 7.11 Å². The summed E-state index contributed by atoms with van der Waals surface area (Å²) < 4.78 is 12.5. The molecule has 1 rings (SSSR count). The normalized spacial score (nSPS) is 20.3. The molecular formula is C8H16INO2. The van der Waals surface area contributed by atoms with Crippen LogP contribution in [0.2, 0.25) is 0 Å². The van der Waals surface area contributed by atoms with Gasteiger partial charge in [-0.3, -0.25) is 0 Å². The number of likely N-dealkylation sites (N-methyl/N-ethyl adjacent to an activating group) is 1. The summed E-state index contributed by atoms with van der Waals surface area (Å²) in [6.45, 7) is 5.62. The first-order chi connectivity index (χ1) is 5.08. The van der Waals surface area contributed by atoms with Crippen molar-refractivity contribution in [2.24, 2.45) is 0 Å². The summed E-state index contributed by atoms with van der Waals surface area (Å²) in [7, 11) is 3.71. The van der Waals surface area contributed by atoms with Crippen LogP contribution in [0.15, 0.2) is 0 Å². The summed E-state index contributed by atoms with van der Waals surface area (Å²) in [6, 6.07) is 0. The van der Waals surface area contributed by atoms with Gasteiger partial charge in [-0.15, -0.1) is 0 Å². The van der Waals surface area contributed by atoms with E-state index in [4.69, 9.17) is 9.47 Å². The second-order valence-corrected chi connectivity index (χ2v) is 3.49. The lowest BCUT2D eigenvalue weighted by molar-refractivity contribution is -0.564. The van der Waals surface area contributed by atoms with Crippen LogP contribution in [0.4, 0.5) is 0 Å². The molecule has 0 saturated heterocycles. The molecule has 1 heterocycles. The molecule has 0 saturated carbocycles. The van der Waals surface area contributed by atoms with E-state index in [0.717, 1.165) is 12.5 Å². The molecule has 0 unspecified atom stereocenters. The van der Waals surface area contributed by atoms with Gasteiger partial charge in [-0.2, -0.15) is 4.58 Å². The maximum Gasteiger partial charge on any atom is 0.363 e. The Bertz CT molecular complexity index is 189. The van der Waals surface area contributed by atoms with Gasteiger partial charge in [0.15, 0.2) is 18.8 Å². The summed E-state index contributed by atoms with van der Waals surface area (Å²) in [5, 5.41) is 0. The van der Waals surface area contributed by atoms with Crippen LogP contribution in [0.1, 0.15) is 13.8 Å². The van der Waals surface area contributed by atoms with Gasteiger partial charge in [0, 0.05) is 21.0 Å². The predicted molar refractivity (Wildman–Crippen MR) is 43.1 cm³/mol. The van der Waals surface area contributed by atoms with Crippen LogP contribution in [0.25, 0.3) is 0 Å². The van der Waals surface area contributed by atoms with Crippen molar-refractivity contribution in [3.63, 3.8) is 0 Å². The molecule has 0 atom stereocenters. The Hall–Kier alpha value is 0.160. The van der Waals surface area contributed by atoms with Gasteiger partial charge in [-0.1, -0.05) is 0 Å². The fraction of sp³-hybridized carbons (Fsp3) is 0.875. The summed E-state index contributed by atoms with van der Waals surface area (Å²) in [6.07, 6.45) is 0. The van der Waals surface area contributed by atoms with E-state index < -0.39 is 0 Å². The molecule has 72 valence electrons. The number of rotatable bonds is 2. The second-order valence-electron chi connectivity index (χ2n) is 3.49. The predicted octanol–water partition coefficient (Wildman–Crippen LogP) is -2.51. The van der Waals surface area contributed by atoms with Gasteiger partial charge in [0.1, 0.15) is 7.05 Å². The van der Waals surface area contributed by atoms with Crippen LogP contribution in [0.5, 0.6) is 0 Å². The summed E-state index contributed by atoms with van der Waals surface area (Å²) >= 11 is 0. The van der Waals surface area contributed by atoms with Crippen LogP contribution in [0.3, 0.4) is 0 Å². The first-order valence-electron chi connectivity index (χ1n) is 3.79. The van der Waals surface area contributed by atoms with E-state index in [-0.39, 0.29) is 29.5 Å². The minimum absolute atomic E-state index is 0. The zero-order valence-electron chi connectivity index (χ0n) is 8.06. The smallest absolute Gasteiger partial charge is 0.363 e. The van der Waals surface area contributed by atoms with Gasteiger partial charge in [0.2, 0.25) is 0 Å². The summed E-state index contributed by atoms with van der Waals surface area (Å²) in [5.74, 6) is 0.928. The molecule has 0 aromatic heterocycles. The van der Waals surface area contributed by atoms with Gasteiger partial charge in [0.25, 0.3) is 0 Å². The average Bonchev–Trinajstić information content (AvgIpc) is 2.17. The number of halogens is 1. The van der Waals surface area contributed by atoms with Crippen LogP contribution in [-0.4, -0.2) is 43.4 Å². The van der Waals surface area contributed by atoms with Crippen LogP contribution in [0, 0.1) is 0 Å². The first kappa shape index (κ1) is 12.2. The van der Waals surface area contributed by atoms with Crippen LogP contribution in [-0.2, 0) is 9.47 Å². The second kappa shape index (κ2) is 4.41. The van der Waals surface area contributed by atoms with Crippen molar-refractivity contribution in [1.82, 2.24) is 0 Å². The molecule has 0 aromatic carbocycles. The molecule has 0 amide bonds. The third kappa shape index (κ3) is 2.32. The van der Waals surface area contributed by atoms with E-state index in [1.165, 1.54) is 0 Å². The van der Waals surface area contributed by atoms with Crippen molar-refractivity contribution in [2.45, 2.75) is 19.4 Å². The van der Waals surface area contributed by atoms with Gasteiger partial charge in [-0.05, 0) is 0 Å². The minimum Gasteiger partial charge on any atom is -1.00 e. The number of ether oxygens (including phenoxy) is 2. The van der Waals surface area contributed by atoms with Crippen molar-refractivity contribution in [3.05, 3.63) is 0 Å². The first-order valence-corrected chi connectivity index (χ1v) is 3.79. The van der Waals surface area contributed by atoms with E-state index in [9.17, 15) is 0 Å². The number of nitrogens with zero attached hydrogens (tertiary/aromatic N) is 1. The Kier molecular flexibility index (Phi) is 4.47. The topological polar surface area (TPSA) is 21.5 Å². The van der Waals surface area contributed by atoms with Crippen molar-refractivity contribution in [1.29, 1.82) is 0 Å². The number of methoxy groups -OCH3 is 1. The lowest BCUT2D eigenvalue weighted by Crippen LogP contribution is -3.00. The zero-order chi connectivity index (χ0) is 8.48. The SMILES string of the molecule is COCC1=[N+](C)C(C)(C)CO1.[I-]. The van der Waals surface area contributed by atoms with Crippen LogP contribution < -0.4 is 24.0 Å². The van der Waals surface area contributed by atoms with E-state index in [1.807, 2.05) is 7.05 Å². The van der Waals surface area contributed by atoms with Gasteiger partial charge < -0.3 is 33.5 Å². The molecule has 0 bridgehead atoms. The molecule has 1 aliphatic rings. The fourth-order valence-corrected chi connectivity index (χ4v) is 1.05. The van der Waals surface area contributed by atoms with Crippen LogP contribution >= 0.6 is 0 Å². The third-order valence-corrected chi connectivity index (χ3v) is 2.14. The monoisotopic (exact) mass is 285 g/mol. The van der Waals surface area contributed by atoms with Crippen molar-refractivity contribution < 1.29 is 38.0 Å². The lowest BCUT2D eigenvalue weighted by Gasteiger charge is -2.09. The highest BCUT2D eigenvalue weighted by Gasteiger charge is 2.39. The number of hydrogen-bond donors (Lipinski definition) is 0. The molecule has 0 N–H and O–H groups in total. The Morgan fingerprint density at radius 1 is 1.58 bits per heavy atom. The van der Waals surface area contributed by atoms with Crippen molar-refractivity contribution in [3.8, 4) is 0 Å². The van der Waals surface area contributed by atoms with E-state index in [0.29, 0.717) is 6.61 Å². The van der Waals surface area contributed by atoms with E-state index in [2.05, 4.69) is 18.4 Å². The van der Waals surface area contributed by atoms with Gasteiger partial charge in [-0.25, -0.2) is 0 Å². The molecule has 0 aromatic rings. The fourth-order valence-electron chi connectivity index (χ4n) is 1.05. The number of hydrogen-bond acceptors (Lipinski definition) is 2. The molecule has 0 aliphatic carbocycles. The average molecular weight is 285 g/mol. The zero-order valence-corrected chi connectivity index (χ0v) is 10.2. The molecule has 0 fully saturated rings. The van der Waals surface area contributed by atoms with Crippen molar-refractivity contribution >= 4 is 5.90 Å². The molecule has 3 nitrogen and oxygen atoms in total. The summed E-state index contributed by atoms with van der Waals surface area (Å²) in [4.78, 5) is 0. The standard InChI is InChI=1S/C8H16NO2.HI/c1-8(2)6-11-7(5-10-4)9(8)3;/h5-6H2,1-4H3;1H/q+1;/p-1. The molecule has 1 aliphatic heterocycles. The van der Waals surface area contributed by atoms with Gasteiger partial charge >= 0.3 is 5.90 Å². The molecule has 0 spiro atoms. The van der Waals surface area contributed by atoms with E-state index >= 15 is 0 Å². The minimum atomic E-state index is 0. The molecule has 4 heteroatoms. The largest absolute Gasteiger partial charge is 1.00 e. The Labute approximate surface area is 90.8 Å². The van der Waals surface area contributed by atoms with Gasteiger partial charge in [0.05, 0.1) is 0 Å². The lowest BCUT2D eigenvalue weighted by atomic mass is 10.1. The maximum atomic E-state index is 5.44. The molecular weight excluding hydrogens is 269 g/mol. The highest BCUT2D eigenvalue weighted by atomic mass is 127. The Balaban J connectivity index is 0.00000121. The quantitative estimate of drug-likeness (QED) is 0.413. The highest BCUT2D eigenvalue weighted by molar-refractivity contribution is 5.73. The molecule has 12 heavy (non-hydrogen) atoms. The highest BCUT2D eigenvalue weighted by Crippen LogP contribution is 2.14. The Morgan fingerprint density at radius 2 is 2.17 bits per heavy atom. The Morgan fingerprint density at radius 3 is 2.50 bits per heavy atom. The maximum absolute atomic E-state index is 5.44.